The zero-order chi connectivity index (χ0) is 20.8. The van der Waals surface area contributed by atoms with E-state index in [0.29, 0.717) is 24.3 Å². The van der Waals surface area contributed by atoms with Crippen LogP contribution in [0.4, 0.5) is 10.5 Å². The summed E-state index contributed by atoms with van der Waals surface area (Å²) < 4.78 is 11.3. The summed E-state index contributed by atoms with van der Waals surface area (Å²) in [6.07, 6.45) is -0.0586. The van der Waals surface area contributed by atoms with Crippen LogP contribution >= 0.6 is 0 Å². The molecule has 4 rings (SSSR count). The van der Waals surface area contributed by atoms with E-state index in [1.807, 2.05) is 72.8 Å². The van der Waals surface area contributed by atoms with Gasteiger partial charge in [-0.2, -0.15) is 0 Å². The first kappa shape index (κ1) is 19.5. The maximum atomic E-state index is 12.5. The molecule has 30 heavy (non-hydrogen) atoms. The van der Waals surface area contributed by atoms with Crippen molar-refractivity contribution in [2.75, 3.05) is 5.32 Å². The molecule has 6 heteroatoms. The topological polar surface area (TPSA) is 76.7 Å². The van der Waals surface area contributed by atoms with Gasteiger partial charge >= 0.3 is 6.09 Å². The minimum Gasteiger partial charge on any atom is -0.468 e. The molecule has 3 aromatic rings. The Bertz CT molecular complexity index is 1010. The van der Waals surface area contributed by atoms with Gasteiger partial charge in [-0.25, -0.2) is 4.79 Å². The Hall–Kier alpha value is -3.80. The van der Waals surface area contributed by atoms with Gasteiger partial charge in [-0.05, 0) is 29.2 Å². The fourth-order valence-electron chi connectivity index (χ4n) is 3.19. The van der Waals surface area contributed by atoms with Crippen molar-refractivity contribution >= 4 is 17.7 Å². The summed E-state index contributed by atoms with van der Waals surface area (Å²) in [5.41, 5.74) is 3.44. The third kappa shape index (κ3) is 4.97. The SMILES string of the molecule is O=C1CC(Oc2cccc(Cc3ccccc3)c2NC(=O)OCc2ccccc2)N1. The Morgan fingerprint density at radius 3 is 2.27 bits per heavy atom. The molecule has 2 amide bonds. The van der Waals surface area contributed by atoms with Crippen LogP contribution in [0.1, 0.15) is 23.1 Å². The lowest BCUT2D eigenvalue weighted by Crippen LogP contribution is -2.51. The average molecular weight is 402 g/mol. The molecule has 1 fully saturated rings. The minimum absolute atomic E-state index is 0.0581. The van der Waals surface area contributed by atoms with E-state index in [1.165, 1.54) is 0 Å². The summed E-state index contributed by atoms with van der Waals surface area (Å²) in [7, 11) is 0. The first-order valence-electron chi connectivity index (χ1n) is 9.77. The predicted molar refractivity (Wildman–Crippen MR) is 113 cm³/mol. The number of nitrogens with one attached hydrogen (secondary N) is 2. The molecule has 0 saturated carbocycles. The van der Waals surface area contributed by atoms with Crippen LogP contribution in [0.2, 0.25) is 0 Å². The lowest BCUT2D eigenvalue weighted by Gasteiger charge is -2.28. The highest BCUT2D eigenvalue weighted by Gasteiger charge is 2.28. The van der Waals surface area contributed by atoms with Gasteiger partial charge in [0.25, 0.3) is 0 Å². The molecule has 152 valence electrons. The van der Waals surface area contributed by atoms with Crippen molar-refractivity contribution in [3.05, 3.63) is 95.6 Å². The summed E-state index contributed by atoms with van der Waals surface area (Å²) in [6.45, 7) is 0.169. The molecule has 1 unspecified atom stereocenters. The van der Waals surface area contributed by atoms with Gasteiger partial charge in [-0.1, -0.05) is 72.8 Å². The number of para-hydroxylation sites is 1. The Kier molecular flexibility index (Phi) is 5.94. The Labute approximate surface area is 174 Å². The second-order valence-electron chi connectivity index (χ2n) is 7.02. The summed E-state index contributed by atoms with van der Waals surface area (Å²) in [5, 5.41) is 5.52. The van der Waals surface area contributed by atoms with Gasteiger partial charge in [0.1, 0.15) is 12.4 Å². The van der Waals surface area contributed by atoms with Gasteiger partial charge < -0.3 is 14.8 Å². The molecule has 2 N–H and O–H groups in total. The van der Waals surface area contributed by atoms with Crippen molar-refractivity contribution < 1.29 is 19.1 Å². The Morgan fingerprint density at radius 2 is 1.60 bits per heavy atom. The minimum atomic E-state index is -0.568. The van der Waals surface area contributed by atoms with Crippen molar-refractivity contribution in [2.24, 2.45) is 0 Å². The number of hydrogen-bond acceptors (Lipinski definition) is 4. The van der Waals surface area contributed by atoms with Gasteiger partial charge in [0.05, 0.1) is 12.1 Å². The van der Waals surface area contributed by atoms with Gasteiger partial charge in [-0.15, -0.1) is 0 Å². The molecule has 0 aliphatic carbocycles. The van der Waals surface area contributed by atoms with E-state index >= 15 is 0 Å². The van der Waals surface area contributed by atoms with Crippen molar-refractivity contribution in [1.82, 2.24) is 5.32 Å². The van der Waals surface area contributed by atoms with E-state index < -0.39 is 12.3 Å². The average Bonchev–Trinajstić information content (AvgIpc) is 2.75. The quantitative estimate of drug-likeness (QED) is 0.579. The van der Waals surface area contributed by atoms with E-state index in [4.69, 9.17) is 9.47 Å². The van der Waals surface area contributed by atoms with Crippen LogP contribution < -0.4 is 15.4 Å². The highest BCUT2D eigenvalue weighted by atomic mass is 16.5. The molecule has 1 aliphatic heterocycles. The Balaban J connectivity index is 1.52. The Morgan fingerprint density at radius 1 is 0.933 bits per heavy atom. The number of anilines is 1. The normalized spacial score (nSPS) is 14.9. The molecule has 1 atom stereocenters. The zero-order valence-electron chi connectivity index (χ0n) is 16.3. The standard InChI is InChI=1S/C24H22N2O4/c27-21-15-22(25-21)30-20-13-7-12-19(14-17-8-3-1-4-9-17)23(20)26-24(28)29-16-18-10-5-2-6-11-18/h1-13,22H,14-16H2,(H,25,27)(H,26,28). The smallest absolute Gasteiger partial charge is 0.412 e. The number of rotatable bonds is 7. The summed E-state index contributed by atoms with van der Waals surface area (Å²) >= 11 is 0. The number of carbonyl (C=O) groups excluding carboxylic acids is 2. The van der Waals surface area contributed by atoms with Crippen LogP contribution in [0.3, 0.4) is 0 Å². The van der Waals surface area contributed by atoms with Crippen LogP contribution in [0, 0.1) is 0 Å². The number of carbonyl (C=O) groups is 2. The second-order valence-corrected chi connectivity index (χ2v) is 7.02. The first-order chi connectivity index (χ1) is 14.7. The molecule has 0 bridgehead atoms. The van der Waals surface area contributed by atoms with Crippen LogP contribution in [-0.2, 0) is 22.6 Å². The van der Waals surface area contributed by atoms with Crippen molar-refractivity contribution in [1.29, 1.82) is 0 Å². The highest BCUT2D eigenvalue weighted by molar-refractivity contribution is 5.88. The van der Waals surface area contributed by atoms with Crippen molar-refractivity contribution in [3.8, 4) is 5.75 Å². The van der Waals surface area contributed by atoms with Crippen LogP contribution in [0.15, 0.2) is 78.9 Å². The summed E-state index contributed by atoms with van der Waals surface area (Å²) in [5.74, 6) is 0.433. The number of amides is 2. The summed E-state index contributed by atoms with van der Waals surface area (Å²) in [6, 6.07) is 25.0. The molecule has 1 aliphatic rings. The molecular weight excluding hydrogens is 380 g/mol. The van der Waals surface area contributed by atoms with Gasteiger partial charge in [-0.3, -0.25) is 10.1 Å². The van der Waals surface area contributed by atoms with E-state index in [9.17, 15) is 9.59 Å². The van der Waals surface area contributed by atoms with Gasteiger partial charge in [0.15, 0.2) is 6.23 Å². The second kappa shape index (κ2) is 9.13. The molecular formula is C24H22N2O4. The van der Waals surface area contributed by atoms with E-state index in [-0.39, 0.29) is 12.5 Å². The van der Waals surface area contributed by atoms with Crippen LogP contribution in [0.5, 0.6) is 5.75 Å². The van der Waals surface area contributed by atoms with Gasteiger partial charge in [0, 0.05) is 0 Å². The molecule has 0 radical (unpaired) electrons. The summed E-state index contributed by atoms with van der Waals surface area (Å²) in [4.78, 5) is 23.7. The highest BCUT2D eigenvalue weighted by Crippen LogP contribution is 2.32. The monoisotopic (exact) mass is 402 g/mol. The zero-order valence-corrected chi connectivity index (χ0v) is 16.3. The van der Waals surface area contributed by atoms with Crippen molar-refractivity contribution in [2.45, 2.75) is 25.7 Å². The fourth-order valence-corrected chi connectivity index (χ4v) is 3.19. The molecule has 0 spiro atoms. The van der Waals surface area contributed by atoms with E-state index in [0.717, 1.165) is 16.7 Å². The lowest BCUT2D eigenvalue weighted by atomic mass is 10.0. The van der Waals surface area contributed by atoms with Crippen LogP contribution in [0.25, 0.3) is 0 Å². The van der Waals surface area contributed by atoms with Gasteiger partial charge in [0.2, 0.25) is 5.91 Å². The van der Waals surface area contributed by atoms with E-state index in [1.54, 1.807) is 6.07 Å². The number of β-lactam (4-membered cyclic amide) rings is 1. The number of ether oxygens (including phenoxy) is 2. The van der Waals surface area contributed by atoms with Crippen LogP contribution in [-0.4, -0.2) is 18.2 Å². The molecule has 0 aromatic heterocycles. The maximum Gasteiger partial charge on any atom is 0.412 e. The third-order valence-electron chi connectivity index (χ3n) is 4.75. The lowest BCUT2D eigenvalue weighted by molar-refractivity contribution is -0.134. The first-order valence-corrected chi connectivity index (χ1v) is 9.77. The predicted octanol–water partition coefficient (Wildman–Crippen LogP) is 4.25. The largest absolute Gasteiger partial charge is 0.468 e. The van der Waals surface area contributed by atoms with Crippen molar-refractivity contribution in [3.63, 3.8) is 0 Å². The molecule has 6 nitrogen and oxygen atoms in total. The number of benzene rings is 3. The molecule has 1 saturated heterocycles. The van der Waals surface area contributed by atoms with E-state index in [2.05, 4.69) is 10.6 Å². The maximum absolute atomic E-state index is 12.5. The fraction of sp³-hybridized carbons (Fsp3) is 0.167. The number of hydrogen-bond donors (Lipinski definition) is 2. The molecule has 3 aromatic carbocycles. The molecule has 1 heterocycles. The third-order valence-corrected chi connectivity index (χ3v) is 4.75.